The summed E-state index contributed by atoms with van der Waals surface area (Å²) in [6.45, 7) is 6.71. The second-order valence-corrected chi connectivity index (χ2v) is 4.23. The van der Waals surface area contributed by atoms with Gasteiger partial charge in [-0.2, -0.15) is 0 Å². The van der Waals surface area contributed by atoms with Gasteiger partial charge in [0.1, 0.15) is 5.84 Å². The maximum Gasteiger partial charge on any atom is 0.119 e. The number of aliphatic hydroxyl groups excluding tert-OH is 1. The minimum Gasteiger partial charge on any atom is -0.401 e. The molecule has 0 unspecified atom stereocenters. The van der Waals surface area contributed by atoms with Crippen molar-refractivity contribution >= 4 is 5.84 Å². The van der Waals surface area contributed by atoms with Gasteiger partial charge in [0.2, 0.25) is 0 Å². The van der Waals surface area contributed by atoms with Crippen LogP contribution in [0.25, 0.3) is 0 Å². The Bertz CT molecular complexity index is 226. The Morgan fingerprint density at radius 3 is 2.36 bits per heavy atom. The number of nitrogens with two attached hydrogens (primary N) is 2. The zero-order chi connectivity index (χ0) is 11.2. The standard InChI is InChI=1S/C10H21N3O/c1-10(2,3)8(11)7-9(12)13-5-4-6-14/h7,14H,4-6,11H2,1-3H3,(H2,12,13). The summed E-state index contributed by atoms with van der Waals surface area (Å²) in [5.74, 6) is 0.422. The van der Waals surface area contributed by atoms with Crippen molar-refractivity contribution in [2.24, 2.45) is 21.9 Å². The summed E-state index contributed by atoms with van der Waals surface area (Å²) < 4.78 is 0. The van der Waals surface area contributed by atoms with Crippen LogP contribution in [0.2, 0.25) is 0 Å². The highest BCUT2D eigenvalue weighted by Crippen LogP contribution is 2.19. The van der Waals surface area contributed by atoms with Gasteiger partial charge in [-0.3, -0.25) is 4.99 Å². The number of amidine groups is 1. The van der Waals surface area contributed by atoms with Crippen molar-refractivity contribution in [3.8, 4) is 0 Å². The molecule has 0 aliphatic carbocycles. The van der Waals surface area contributed by atoms with Crippen molar-refractivity contribution < 1.29 is 5.11 Å². The van der Waals surface area contributed by atoms with Crippen LogP contribution in [0.15, 0.2) is 16.8 Å². The van der Waals surface area contributed by atoms with E-state index in [0.717, 1.165) is 0 Å². The first-order valence-corrected chi connectivity index (χ1v) is 4.76. The summed E-state index contributed by atoms with van der Waals surface area (Å²) in [5, 5.41) is 8.54. The lowest BCUT2D eigenvalue weighted by Crippen LogP contribution is -2.21. The van der Waals surface area contributed by atoms with Gasteiger partial charge in [0, 0.05) is 24.3 Å². The number of rotatable bonds is 4. The number of hydrogen-bond donors (Lipinski definition) is 3. The molecule has 0 amide bonds. The van der Waals surface area contributed by atoms with E-state index in [1.807, 2.05) is 20.8 Å². The normalized spacial score (nSPS) is 14.6. The topological polar surface area (TPSA) is 84.6 Å². The predicted molar refractivity (Wildman–Crippen MR) is 59.9 cm³/mol. The summed E-state index contributed by atoms with van der Waals surface area (Å²) in [6, 6.07) is 0. The van der Waals surface area contributed by atoms with Gasteiger partial charge in [-0.15, -0.1) is 0 Å². The lowest BCUT2D eigenvalue weighted by atomic mass is 9.92. The fraction of sp³-hybridized carbons (Fsp3) is 0.700. The average molecular weight is 199 g/mol. The average Bonchev–Trinajstić information content (AvgIpc) is 2.03. The van der Waals surface area contributed by atoms with Gasteiger partial charge < -0.3 is 16.6 Å². The summed E-state index contributed by atoms with van der Waals surface area (Å²) in [4.78, 5) is 4.05. The minimum absolute atomic E-state index is 0.0862. The molecular weight excluding hydrogens is 178 g/mol. The van der Waals surface area contributed by atoms with Crippen LogP contribution < -0.4 is 11.5 Å². The smallest absolute Gasteiger partial charge is 0.119 e. The highest BCUT2D eigenvalue weighted by Gasteiger charge is 2.13. The van der Waals surface area contributed by atoms with Crippen LogP contribution in [-0.4, -0.2) is 24.1 Å². The molecule has 4 nitrogen and oxygen atoms in total. The van der Waals surface area contributed by atoms with Gasteiger partial charge in [-0.1, -0.05) is 20.8 Å². The maximum atomic E-state index is 8.54. The first-order valence-electron chi connectivity index (χ1n) is 4.76. The van der Waals surface area contributed by atoms with Crippen molar-refractivity contribution in [1.29, 1.82) is 0 Å². The first kappa shape index (κ1) is 13.0. The second-order valence-electron chi connectivity index (χ2n) is 4.23. The highest BCUT2D eigenvalue weighted by atomic mass is 16.3. The Labute approximate surface area is 85.7 Å². The van der Waals surface area contributed by atoms with E-state index in [9.17, 15) is 0 Å². The summed E-state index contributed by atoms with van der Waals surface area (Å²) in [6.07, 6.45) is 2.31. The van der Waals surface area contributed by atoms with E-state index in [0.29, 0.717) is 24.5 Å². The summed E-state index contributed by atoms with van der Waals surface area (Å²) in [5.41, 5.74) is 12.1. The van der Waals surface area contributed by atoms with Crippen LogP contribution in [0.3, 0.4) is 0 Å². The number of aliphatic imine (C=N–C) groups is 1. The molecule has 0 radical (unpaired) electrons. The molecule has 0 atom stereocenters. The minimum atomic E-state index is -0.0862. The van der Waals surface area contributed by atoms with Crippen molar-refractivity contribution in [1.82, 2.24) is 0 Å². The third-order valence-corrected chi connectivity index (χ3v) is 1.78. The summed E-state index contributed by atoms with van der Waals surface area (Å²) >= 11 is 0. The van der Waals surface area contributed by atoms with Crippen molar-refractivity contribution in [3.63, 3.8) is 0 Å². The van der Waals surface area contributed by atoms with Gasteiger partial charge in [0.05, 0.1) is 0 Å². The Morgan fingerprint density at radius 1 is 1.36 bits per heavy atom. The van der Waals surface area contributed by atoms with E-state index in [-0.39, 0.29) is 12.0 Å². The van der Waals surface area contributed by atoms with Crippen molar-refractivity contribution in [3.05, 3.63) is 11.8 Å². The monoisotopic (exact) mass is 199 g/mol. The summed E-state index contributed by atoms with van der Waals surface area (Å²) in [7, 11) is 0. The third kappa shape index (κ3) is 5.59. The quantitative estimate of drug-likeness (QED) is 0.352. The van der Waals surface area contributed by atoms with Gasteiger partial charge in [0.15, 0.2) is 0 Å². The Hall–Kier alpha value is -1.03. The van der Waals surface area contributed by atoms with Gasteiger partial charge in [0.25, 0.3) is 0 Å². The number of nitrogens with zero attached hydrogens (tertiary/aromatic N) is 1. The zero-order valence-electron chi connectivity index (χ0n) is 9.25. The molecule has 0 fully saturated rings. The predicted octanol–water partition coefficient (Wildman–Crippen LogP) is 0.615. The lowest BCUT2D eigenvalue weighted by Gasteiger charge is -2.18. The van der Waals surface area contributed by atoms with Crippen LogP contribution in [0, 0.1) is 5.41 Å². The molecule has 0 bridgehead atoms. The van der Waals surface area contributed by atoms with Crippen LogP contribution in [0.1, 0.15) is 27.2 Å². The van der Waals surface area contributed by atoms with Crippen molar-refractivity contribution in [2.75, 3.05) is 13.2 Å². The van der Waals surface area contributed by atoms with E-state index in [1.54, 1.807) is 6.08 Å². The molecule has 0 aliphatic heterocycles. The third-order valence-electron chi connectivity index (χ3n) is 1.78. The zero-order valence-corrected chi connectivity index (χ0v) is 9.25. The molecule has 0 aromatic heterocycles. The van der Waals surface area contributed by atoms with Crippen LogP contribution in [0.5, 0.6) is 0 Å². The van der Waals surface area contributed by atoms with E-state index >= 15 is 0 Å². The Kier molecular flexibility index (Phi) is 5.23. The van der Waals surface area contributed by atoms with E-state index in [4.69, 9.17) is 16.6 Å². The molecule has 5 N–H and O–H groups in total. The van der Waals surface area contributed by atoms with Crippen LogP contribution >= 0.6 is 0 Å². The molecule has 0 saturated heterocycles. The molecule has 0 aromatic rings. The molecule has 0 spiro atoms. The fourth-order valence-corrected chi connectivity index (χ4v) is 0.700. The molecule has 4 heteroatoms. The molecule has 0 aromatic carbocycles. The highest BCUT2D eigenvalue weighted by molar-refractivity contribution is 5.92. The molecule has 0 heterocycles. The lowest BCUT2D eigenvalue weighted by molar-refractivity contribution is 0.291. The second kappa shape index (κ2) is 5.65. The van der Waals surface area contributed by atoms with E-state index < -0.39 is 0 Å². The molecular formula is C10H21N3O. The molecule has 0 aliphatic rings. The van der Waals surface area contributed by atoms with E-state index in [2.05, 4.69) is 4.99 Å². The fourth-order valence-electron chi connectivity index (χ4n) is 0.700. The number of hydrogen-bond acceptors (Lipinski definition) is 3. The van der Waals surface area contributed by atoms with Gasteiger partial charge in [-0.05, 0) is 12.5 Å². The molecule has 0 saturated carbocycles. The van der Waals surface area contributed by atoms with Gasteiger partial charge >= 0.3 is 0 Å². The van der Waals surface area contributed by atoms with Gasteiger partial charge in [-0.25, -0.2) is 0 Å². The van der Waals surface area contributed by atoms with Crippen molar-refractivity contribution in [2.45, 2.75) is 27.2 Å². The van der Waals surface area contributed by atoms with Crippen LogP contribution in [0.4, 0.5) is 0 Å². The molecule has 0 rings (SSSR count). The maximum absolute atomic E-state index is 8.54. The molecule has 14 heavy (non-hydrogen) atoms. The first-order chi connectivity index (χ1) is 6.38. The number of aliphatic hydroxyl groups is 1. The number of allylic oxidation sites excluding steroid dienone is 1. The van der Waals surface area contributed by atoms with E-state index in [1.165, 1.54) is 0 Å². The molecule has 82 valence electrons. The Balaban J connectivity index is 4.28. The largest absolute Gasteiger partial charge is 0.401 e. The van der Waals surface area contributed by atoms with Crippen LogP contribution in [-0.2, 0) is 0 Å². The SMILES string of the molecule is CC(C)(C)C(N)=CC(N)=NCCCO. The Morgan fingerprint density at radius 2 is 1.93 bits per heavy atom.